The number of rotatable bonds is 6. The molecular weight excluding hydrogens is 394 g/mol. The van der Waals surface area contributed by atoms with Crippen molar-refractivity contribution in [3.63, 3.8) is 0 Å². The van der Waals surface area contributed by atoms with Gasteiger partial charge in [-0.3, -0.25) is 4.79 Å². The summed E-state index contributed by atoms with van der Waals surface area (Å²) in [5, 5.41) is 3.90. The smallest absolute Gasteiger partial charge is 0.343 e. The van der Waals surface area contributed by atoms with Crippen LogP contribution < -0.4 is 0 Å². The van der Waals surface area contributed by atoms with Crippen molar-refractivity contribution in [1.29, 1.82) is 0 Å². The third-order valence-corrected chi connectivity index (χ3v) is 5.65. The first-order chi connectivity index (χ1) is 14.9. The second kappa shape index (κ2) is 8.02. The van der Waals surface area contributed by atoms with E-state index in [2.05, 4.69) is 5.16 Å². The van der Waals surface area contributed by atoms with Crippen molar-refractivity contribution < 1.29 is 23.6 Å². The van der Waals surface area contributed by atoms with Gasteiger partial charge in [0.15, 0.2) is 5.76 Å². The molecule has 31 heavy (non-hydrogen) atoms. The zero-order valence-electron chi connectivity index (χ0n) is 18.1. The van der Waals surface area contributed by atoms with Gasteiger partial charge in [0.05, 0.1) is 24.3 Å². The molecule has 0 unspecified atom stereocenters. The maximum absolute atomic E-state index is 12.5. The molecule has 0 amide bonds. The Morgan fingerprint density at radius 1 is 0.968 bits per heavy atom. The van der Waals surface area contributed by atoms with Crippen LogP contribution in [-0.4, -0.2) is 30.3 Å². The summed E-state index contributed by atoms with van der Waals surface area (Å²) in [7, 11) is 1.33. The molecule has 0 saturated heterocycles. The molecule has 0 spiro atoms. The van der Waals surface area contributed by atoms with Gasteiger partial charge >= 0.3 is 11.9 Å². The second-order valence-electron chi connectivity index (χ2n) is 8.15. The van der Waals surface area contributed by atoms with Gasteiger partial charge in [-0.1, -0.05) is 53.7 Å². The van der Waals surface area contributed by atoms with Gasteiger partial charge in [0.25, 0.3) is 0 Å². The van der Waals surface area contributed by atoms with Gasteiger partial charge in [-0.05, 0) is 50.3 Å². The summed E-state index contributed by atoms with van der Waals surface area (Å²) in [6, 6.07) is 15.7. The van der Waals surface area contributed by atoms with Crippen LogP contribution in [0.25, 0.3) is 22.5 Å². The van der Waals surface area contributed by atoms with Gasteiger partial charge in [0.1, 0.15) is 5.56 Å². The first-order valence-electron chi connectivity index (χ1n) is 10.3. The molecule has 6 heteroatoms. The van der Waals surface area contributed by atoms with E-state index in [4.69, 9.17) is 14.0 Å². The van der Waals surface area contributed by atoms with Crippen molar-refractivity contribution >= 4 is 11.9 Å². The Morgan fingerprint density at radius 2 is 1.52 bits per heavy atom. The molecule has 3 aromatic rings. The highest BCUT2D eigenvalue weighted by molar-refractivity contribution is 5.96. The molecule has 1 aromatic heterocycles. The molecular formula is C25H25NO5. The predicted octanol–water partition coefficient (Wildman–Crippen LogP) is 5.09. The largest absolute Gasteiger partial charge is 0.465 e. The Kier molecular flexibility index (Phi) is 5.39. The first kappa shape index (κ1) is 20.8. The number of aromatic nitrogens is 1. The number of esters is 2. The number of nitrogens with zero attached hydrogens (tertiary/aromatic N) is 1. The minimum absolute atomic E-state index is 0.115. The maximum Gasteiger partial charge on any atom is 0.343 e. The van der Waals surface area contributed by atoms with Crippen LogP contribution in [0.3, 0.4) is 0 Å². The minimum atomic E-state index is -0.485. The van der Waals surface area contributed by atoms with Crippen molar-refractivity contribution in [2.45, 2.75) is 45.1 Å². The minimum Gasteiger partial charge on any atom is -0.465 e. The van der Waals surface area contributed by atoms with Crippen LogP contribution >= 0.6 is 0 Å². The van der Waals surface area contributed by atoms with Gasteiger partial charge in [-0.2, -0.15) is 0 Å². The fourth-order valence-corrected chi connectivity index (χ4v) is 3.77. The Bertz CT molecular complexity index is 1110. The number of aryl methyl sites for hydroxylation is 1. The summed E-state index contributed by atoms with van der Waals surface area (Å²) in [4.78, 5) is 24.5. The molecule has 1 aliphatic carbocycles. The zero-order valence-corrected chi connectivity index (χ0v) is 18.1. The lowest BCUT2D eigenvalue weighted by Gasteiger charge is -2.17. The van der Waals surface area contributed by atoms with Crippen LogP contribution in [-0.2, 0) is 19.7 Å². The molecule has 0 radical (unpaired) electrons. The summed E-state index contributed by atoms with van der Waals surface area (Å²) in [6.07, 6.45) is 1.54. The topological polar surface area (TPSA) is 78.6 Å². The SMILES string of the molecule is COC(=O)c1c(C)noc1-c1ccc(-c2ccc(C3(C(=O)OC(C)C)CC3)cc2)cc1. The van der Waals surface area contributed by atoms with Gasteiger partial charge in [-0.25, -0.2) is 4.79 Å². The van der Waals surface area contributed by atoms with Crippen molar-refractivity contribution in [3.05, 3.63) is 65.4 Å². The Labute approximate surface area is 181 Å². The molecule has 1 aliphatic rings. The number of ether oxygens (including phenoxy) is 2. The monoisotopic (exact) mass is 419 g/mol. The van der Waals surface area contributed by atoms with Crippen LogP contribution in [0, 0.1) is 6.92 Å². The number of carbonyl (C=O) groups excluding carboxylic acids is 2. The maximum atomic E-state index is 12.5. The molecule has 160 valence electrons. The predicted molar refractivity (Wildman–Crippen MR) is 116 cm³/mol. The Hall–Kier alpha value is -3.41. The van der Waals surface area contributed by atoms with E-state index in [0.29, 0.717) is 17.0 Å². The van der Waals surface area contributed by atoms with Crippen LogP contribution in [0.1, 0.15) is 48.3 Å². The highest BCUT2D eigenvalue weighted by Gasteiger charge is 2.52. The third-order valence-electron chi connectivity index (χ3n) is 5.65. The van der Waals surface area contributed by atoms with E-state index in [9.17, 15) is 9.59 Å². The molecule has 4 rings (SSSR count). The lowest BCUT2D eigenvalue weighted by Crippen LogP contribution is -2.25. The fraction of sp³-hybridized carbons (Fsp3) is 0.320. The van der Waals surface area contributed by atoms with Gasteiger partial charge in [-0.15, -0.1) is 0 Å². The highest BCUT2D eigenvalue weighted by atomic mass is 16.5. The van der Waals surface area contributed by atoms with Crippen molar-refractivity contribution in [2.75, 3.05) is 7.11 Å². The Morgan fingerprint density at radius 3 is 2.03 bits per heavy atom. The molecule has 1 fully saturated rings. The molecule has 6 nitrogen and oxygen atoms in total. The van der Waals surface area contributed by atoms with Gasteiger partial charge < -0.3 is 14.0 Å². The summed E-state index contributed by atoms with van der Waals surface area (Å²) in [5.74, 6) is -0.215. The van der Waals surface area contributed by atoms with Crippen molar-refractivity contribution in [3.8, 4) is 22.5 Å². The number of benzene rings is 2. The second-order valence-corrected chi connectivity index (χ2v) is 8.15. The van der Waals surface area contributed by atoms with Crippen LogP contribution in [0.2, 0.25) is 0 Å². The Balaban J connectivity index is 1.56. The standard InChI is InChI=1S/C25H25NO5/c1-15(2)30-24(28)25(13-14-25)20-11-9-18(10-12-20)17-5-7-19(8-6-17)22-21(23(27)29-4)16(3)26-31-22/h5-12,15H,13-14H2,1-4H3. The number of hydrogen-bond acceptors (Lipinski definition) is 6. The van der Waals surface area contributed by atoms with Crippen LogP contribution in [0.15, 0.2) is 53.1 Å². The lowest BCUT2D eigenvalue weighted by atomic mass is 9.93. The molecule has 0 atom stereocenters. The summed E-state index contributed by atoms with van der Waals surface area (Å²) >= 11 is 0. The van der Waals surface area contributed by atoms with Crippen LogP contribution in [0.5, 0.6) is 0 Å². The van der Waals surface area contributed by atoms with E-state index >= 15 is 0 Å². The molecule has 1 saturated carbocycles. The lowest BCUT2D eigenvalue weighted by molar-refractivity contribution is -0.150. The summed E-state index contributed by atoms with van der Waals surface area (Å²) < 4.78 is 15.7. The summed E-state index contributed by atoms with van der Waals surface area (Å²) in [5.41, 5.74) is 4.13. The van der Waals surface area contributed by atoms with E-state index < -0.39 is 11.4 Å². The van der Waals surface area contributed by atoms with E-state index in [1.54, 1.807) is 6.92 Å². The van der Waals surface area contributed by atoms with Crippen LogP contribution in [0.4, 0.5) is 0 Å². The fourth-order valence-electron chi connectivity index (χ4n) is 3.77. The van der Waals surface area contributed by atoms with Crippen molar-refractivity contribution in [2.24, 2.45) is 0 Å². The number of hydrogen-bond donors (Lipinski definition) is 0. The molecule has 0 bridgehead atoms. The average molecular weight is 419 g/mol. The van der Waals surface area contributed by atoms with Crippen molar-refractivity contribution in [1.82, 2.24) is 5.16 Å². The third kappa shape index (κ3) is 3.85. The summed E-state index contributed by atoms with van der Waals surface area (Å²) in [6.45, 7) is 5.45. The highest BCUT2D eigenvalue weighted by Crippen LogP contribution is 2.49. The molecule has 1 heterocycles. The molecule has 0 aliphatic heterocycles. The molecule has 2 aromatic carbocycles. The number of methoxy groups -OCH3 is 1. The van der Waals surface area contributed by atoms with Gasteiger partial charge in [0, 0.05) is 5.56 Å². The number of carbonyl (C=O) groups is 2. The average Bonchev–Trinajstić information content (AvgIpc) is 3.50. The first-order valence-corrected chi connectivity index (χ1v) is 10.3. The van der Waals surface area contributed by atoms with E-state index in [1.807, 2.05) is 62.4 Å². The quantitative estimate of drug-likeness (QED) is 0.518. The normalized spacial score (nSPS) is 14.4. The zero-order chi connectivity index (χ0) is 22.2. The molecule has 0 N–H and O–H groups in total. The van der Waals surface area contributed by atoms with Gasteiger partial charge in [0.2, 0.25) is 0 Å². The van der Waals surface area contributed by atoms with E-state index in [-0.39, 0.29) is 12.1 Å². The van der Waals surface area contributed by atoms with E-state index in [0.717, 1.165) is 35.1 Å². The van der Waals surface area contributed by atoms with E-state index in [1.165, 1.54) is 7.11 Å².